The molecule has 0 amide bonds. The Balaban J connectivity index is 2.58. The number of hydrogen-bond acceptors (Lipinski definition) is 3. The van der Waals surface area contributed by atoms with Gasteiger partial charge >= 0.3 is 0 Å². The number of benzene rings is 1. The van der Waals surface area contributed by atoms with E-state index >= 15 is 0 Å². The molecule has 1 aliphatic rings. The molecule has 19 heavy (non-hydrogen) atoms. The number of methoxy groups -OCH3 is 2. The topological polar surface area (TPSA) is 44.5 Å². The van der Waals surface area contributed by atoms with Gasteiger partial charge in [-0.15, -0.1) is 0 Å². The average molecular weight is 271 g/mol. The monoisotopic (exact) mass is 271 g/mol. The Labute approximate surface area is 111 Å². The molecule has 1 saturated carbocycles. The summed E-state index contributed by atoms with van der Waals surface area (Å²) in [6.45, 7) is 0. The molecular formula is C14H19F2NO2. The summed E-state index contributed by atoms with van der Waals surface area (Å²) in [6.07, 6.45) is 4.53. The second kappa shape index (κ2) is 5.33. The van der Waals surface area contributed by atoms with Gasteiger partial charge in [0.1, 0.15) is 0 Å². The predicted molar refractivity (Wildman–Crippen MR) is 68.4 cm³/mol. The van der Waals surface area contributed by atoms with Crippen LogP contribution in [0.2, 0.25) is 0 Å². The van der Waals surface area contributed by atoms with Crippen LogP contribution in [0, 0.1) is 11.6 Å². The van der Waals surface area contributed by atoms with Crippen molar-refractivity contribution in [3.8, 4) is 11.5 Å². The van der Waals surface area contributed by atoms with Crippen LogP contribution in [0.15, 0.2) is 6.07 Å². The zero-order valence-corrected chi connectivity index (χ0v) is 11.3. The van der Waals surface area contributed by atoms with Gasteiger partial charge in [-0.05, 0) is 18.9 Å². The lowest BCUT2D eigenvalue weighted by molar-refractivity contribution is 0.274. The van der Waals surface area contributed by atoms with Crippen molar-refractivity contribution < 1.29 is 18.3 Å². The second-order valence-electron chi connectivity index (χ2n) is 5.00. The Bertz CT molecular complexity index is 471. The van der Waals surface area contributed by atoms with Gasteiger partial charge in [-0.25, -0.2) is 4.39 Å². The molecule has 2 N–H and O–H groups in total. The normalized spacial score (nSPS) is 18.2. The molecule has 1 aromatic rings. The molecule has 5 heteroatoms. The highest BCUT2D eigenvalue weighted by molar-refractivity contribution is 5.51. The first kappa shape index (κ1) is 14.1. The summed E-state index contributed by atoms with van der Waals surface area (Å²) in [5.41, 5.74) is 6.19. The Hall–Kier alpha value is -1.36. The minimum atomic E-state index is -1.04. The standard InChI is InChI=1S/C14H19F2NO2/c1-18-12-9(14(17)6-4-3-5-7-14)8-10(15)11(16)13(12)19-2/h8H,3-7,17H2,1-2H3. The Kier molecular flexibility index (Phi) is 3.94. The summed E-state index contributed by atoms with van der Waals surface area (Å²) < 4.78 is 37.5. The number of hydrogen-bond donors (Lipinski definition) is 1. The van der Waals surface area contributed by atoms with Crippen LogP contribution in [0.1, 0.15) is 37.7 Å². The fraction of sp³-hybridized carbons (Fsp3) is 0.571. The van der Waals surface area contributed by atoms with Gasteiger partial charge in [0, 0.05) is 11.1 Å². The van der Waals surface area contributed by atoms with Crippen molar-refractivity contribution in [1.82, 2.24) is 0 Å². The zero-order chi connectivity index (χ0) is 14.0. The molecular weight excluding hydrogens is 252 g/mol. The number of nitrogens with two attached hydrogens (primary N) is 1. The molecule has 0 radical (unpaired) electrons. The van der Waals surface area contributed by atoms with E-state index in [9.17, 15) is 8.78 Å². The quantitative estimate of drug-likeness (QED) is 0.918. The Morgan fingerprint density at radius 2 is 1.63 bits per heavy atom. The van der Waals surface area contributed by atoms with Gasteiger partial charge in [-0.2, -0.15) is 4.39 Å². The molecule has 0 spiro atoms. The fourth-order valence-corrected chi connectivity index (χ4v) is 2.79. The van der Waals surface area contributed by atoms with E-state index < -0.39 is 17.2 Å². The first-order chi connectivity index (χ1) is 9.03. The number of rotatable bonds is 3. The van der Waals surface area contributed by atoms with Crippen LogP contribution in [0.25, 0.3) is 0 Å². The molecule has 0 bridgehead atoms. The first-order valence-electron chi connectivity index (χ1n) is 6.43. The summed E-state index contributed by atoms with van der Waals surface area (Å²) in [6, 6.07) is 1.14. The van der Waals surface area contributed by atoms with E-state index in [1.54, 1.807) is 0 Å². The van der Waals surface area contributed by atoms with Crippen LogP contribution in [-0.2, 0) is 5.54 Å². The lowest BCUT2D eigenvalue weighted by atomic mass is 9.77. The highest BCUT2D eigenvalue weighted by Crippen LogP contribution is 2.44. The zero-order valence-electron chi connectivity index (χ0n) is 11.3. The van der Waals surface area contributed by atoms with Gasteiger partial charge in [0.25, 0.3) is 0 Å². The molecule has 1 fully saturated rings. The fourth-order valence-electron chi connectivity index (χ4n) is 2.79. The Morgan fingerprint density at radius 3 is 2.16 bits per heavy atom. The van der Waals surface area contributed by atoms with Crippen molar-refractivity contribution >= 4 is 0 Å². The van der Waals surface area contributed by atoms with Gasteiger partial charge in [-0.1, -0.05) is 19.3 Å². The minimum absolute atomic E-state index is 0.200. The van der Waals surface area contributed by atoms with Crippen LogP contribution in [0.3, 0.4) is 0 Å². The highest BCUT2D eigenvalue weighted by atomic mass is 19.2. The van der Waals surface area contributed by atoms with Crippen molar-refractivity contribution in [1.29, 1.82) is 0 Å². The summed E-state index contributed by atoms with van der Waals surface area (Å²) in [5.74, 6) is -2.01. The largest absolute Gasteiger partial charge is 0.492 e. The highest BCUT2D eigenvalue weighted by Gasteiger charge is 2.35. The van der Waals surface area contributed by atoms with Crippen molar-refractivity contribution in [2.75, 3.05) is 14.2 Å². The molecule has 0 heterocycles. The molecule has 3 nitrogen and oxygen atoms in total. The summed E-state index contributed by atoms with van der Waals surface area (Å²) in [4.78, 5) is 0. The van der Waals surface area contributed by atoms with Crippen LogP contribution in [0.5, 0.6) is 11.5 Å². The summed E-state index contributed by atoms with van der Waals surface area (Å²) in [5, 5.41) is 0. The van der Waals surface area contributed by atoms with E-state index in [2.05, 4.69) is 0 Å². The van der Waals surface area contributed by atoms with Crippen LogP contribution in [0.4, 0.5) is 8.78 Å². The molecule has 0 saturated heterocycles. The van der Waals surface area contributed by atoms with Crippen molar-refractivity contribution in [2.24, 2.45) is 5.73 Å². The number of ether oxygens (including phenoxy) is 2. The Morgan fingerprint density at radius 1 is 1.05 bits per heavy atom. The molecule has 0 unspecified atom stereocenters. The molecule has 0 atom stereocenters. The maximum absolute atomic E-state index is 13.7. The van der Waals surface area contributed by atoms with Crippen LogP contribution in [-0.4, -0.2) is 14.2 Å². The maximum Gasteiger partial charge on any atom is 0.204 e. The van der Waals surface area contributed by atoms with Crippen molar-refractivity contribution in [2.45, 2.75) is 37.6 Å². The van der Waals surface area contributed by atoms with Crippen molar-refractivity contribution in [3.05, 3.63) is 23.3 Å². The van der Waals surface area contributed by atoms with E-state index in [0.717, 1.165) is 38.2 Å². The lowest BCUT2D eigenvalue weighted by Crippen LogP contribution is -2.39. The maximum atomic E-state index is 13.7. The van der Waals surface area contributed by atoms with E-state index in [1.807, 2.05) is 0 Å². The van der Waals surface area contributed by atoms with E-state index in [-0.39, 0.29) is 11.5 Å². The third kappa shape index (κ3) is 2.39. The summed E-state index contributed by atoms with van der Waals surface area (Å²) >= 11 is 0. The first-order valence-corrected chi connectivity index (χ1v) is 6.43. The molecule has 106 valence electrons. The molecule has 1 aliphatic carbocycles. The summed E-state index contributed by atoms with van der Waals surface area (Å²) in [7, 11) is 2.69. The van der Waals surface area contributed by atoms with Gasteiger partial charge in [-0.3, -0.25) is 0 Å². The molecule has 0 aromatic heterocycles. The lowest BCUT2D eigenvalue weighted by Gasteiger charge is -2.35. The van der Waals surface area contributed by atoms with Gasteiger partial charge in [0.05, 0.1) is 14.2 Å². The smallest absolute Gasteiger partial charge is 0.204 e. The van der Waals surface area contributed by atoms with Gasteiger partial charge in [0.2, 0.25) is 5.82 Å². The minimum Gasteiger partial charge on any atom is -0.492 e. The molecule has 0 aliphatic heterocycles. The van der Waals surface area contributed by atoms with E-state index in [4.69, 9.17) is 15.2 Å². The van der Waals surface area contributed by atoms with E-state index in [1.165, 1.54) is 14.2 Å². The van der Waals surface area contributed by atoms with Gasteiger partial charge < -0.3 is 15.2 Å². The van der Waals surface area contributed by atoms with Crippen molar-refractivity contribution in [3.63, 3.8) is 0 Å². The van der Waals surface area contributed by atoms with E-state index in [0.29, 0.717) is 5.56 Å². The number of halogens is 2. The molecule has 2 rings (SSSR count). The third-order valence-electron chi connectivity index (χ3n) is 3.82. The SMILES string of the molecule is COc1c(C2(N)CCCCC2)cc(F)c(F)c1OC. The third-order valence-corrected chi connectivity index (χ3v) is 3.82. The van der Waals surface area contributed by atoms with Crippen LogP contribution >= 0.6 is 0 Å². The second-order valence-corrected chi connectivity index (χ2v) is 5.00. The van der Waals surface area contributed by atoms with Crippen LogP contribution < -0.4 is 15.2 Å². The van der Waals surface area contributed by atoms with Gasteiger partial charge in [0.15, 0.2) is 17.3 Å². The average Bonchev–Trinajstić information content (AvgIpc) is 2.41. The molecule has 1 aromatic carbocycles. The predicted octanol–water partition coefficient (Wildman–Crippen LogP) is 3.10.